The van der Waals surface area contributed by atoms with Gasteiger partial charge in [0, 0.05) is 15.4 Å². The van der Waals surface area contributed by atoms with Gasteiger partial charge in [-0.25, -0.2) is 0 Å². The number of carbonyl (C=O) groups is 4. The molecule has 2 N–H and O–H groups in total. The Hall–Kier alpha value is -4.36. The number of fused-ring (bicyclic) bond motifs is 4. The number of allylic oxidation sites excluding steroid dienone is 2. The standard InChI is InChI=1S/C42H35Br2Cl2N3O7/c1-4-20-5-10-23(11-6-20)48-38(51)26-15-14-25-27(33(26)40(48)53)18-29-39(52)49(47-31-16-9-22(45)17-30(31)46)41(54)42(29,21-7-12-24(55-2)13-8-21)34(25)28-19-32(56-3)37(50)36(44)35(28)43/h5-14,16-17,19,26-27,29,33-34,47,50H,4,15,18H2,1-3H3/t26-,27+,29-,33-,34+,42+/m0/s1. The molecule has 6 atom stereocenters. The number of aromatic hydroxyl groups is 1. The number of nitrogens with zero attached hydrogens (tertiary/aromatic N) is 2. The summed E-state index contributed by atoms with van der Waals surface area (Å²) in [7, 11) is 2.96. The number of anilines is 2. The molecule has 0 spiro atoms. The quantitative estimate of drug-likeness (QED) is 0.133. The highest BCUT2D eigenvalue weighted by Gasteiger charge is 2.70. The minimum Gasteiger partial charge on any atom is -0.503 e. The van der Waals surface area contributed by atoms with E-state index >= 15 is 9.59 Å². The third kappa shape index (κ3) is 5.69. The first-order valence-corrected chi connectivity index (χ1v) is 20.4. The molecular formula is C42H35Br2Cl2N3O7. The van der Waals surface area contributed by atoms with Gasteiger partial charge in [-0.1, -0.05) is 66.0 Å². The summed E-state index contributed by atoms with van der Waals surface area (Å²) in [6.07, 6.45) is 3.10. The Kier molecular flexibility index (Phi) is 10.00. The van der Waals surface area contributed by atoms with Gasteiger partial charge in [0.2, 0.25) is 11.8 Å². The number of phenolic OH excluding ortho intramolecular Hbond substituents is 1. The van der Waals surface area contributed by atoms with Crippen LogP contribution in [0.4, 0.5) is 11.4 Å². The zero-order valence-corrected chi connectivity index (χ0v) is 35.0. The largest absolute Gasteiger partial charge is 0.503 e. The number of ether oxygens (including phenoxy) is 2. The maximum atomic E-state index is 15.6. The van der Waals surface area contributed by atoms with Gasteiger partial charge < -0.3 is 14.6 Å². The van der Waals surface area contributed by atoms with Crippen LogP contribution in [0.1, 0.15) is 42.4 Å². The van der Waals surface area contributed by atoms with Crippen molar-refractivity contribution in [3.63, 3.8) is 0 Å². The highest BCUT2D eigenvalue weighted by atomic mass is 79.9. The van der Waals surface area contributed by atoms with E-state index in [1.807, 2.05) is 25.1 Å². The summed E-state index contributed by atoms with van der Waals surface area (Å²) < 4.78 is 11.8. The molecule has 2 aliphatic heterocycles. The van der Waals surface area contributed by atoms with E-state index in [2.05, 4.69) is 37.3 Å². The van der Waals surface area contributed by atoms with E-state index < -0.39 is 46.8 Å². The fourth-order valence-corrected chi connectivity index (χ4v) is 10.7. The van der Waals surface area contributed by atoms with Crippen LogP contribution < -0.4 is 19.8 Å². The SMILES string of the molecule is CCc1ccc(N2C(=O)[C@H]3[C@H](CC=C4[C@H]3C[C@H]3C(=O)N(Nc5ccc(Cl)cc5Cl)C(=O)[C@@]3(c3ccc(OC)cc3)[C@H]4c3cc(OC)c(O)c(Br)c3Br)C2=O)cc1. The van der Waals surface area contributed by atoms with E-state index in [1.54, 1.807) is 54.6 Å². The normalized spacial score (nSPS) is 25.5. The molecule has 4 aromatic rings. The lowest BCUT2D eigenvalue weighted by molar-refractivity contribution is -0.138. The van der Waals surface area contributed by atoms with Gasteiger partial charge in [0.15, 0.2) is 11.5 Å². The van der Waals surface area contributed by atoms with Crippen LogP contribution in [0.3, 0.4) is 0 Å². The first-order valence-electron chi connectivity index (χ1n) is 18.0. The highest BCUT2D eigenvalue weighted by molar-refractivity contribution is 9.13. The summed E-state index contributed by atoms with van der Waals surface area (Å²) in [6.45, 7) is 2.03. The van der Waals surface area contributed by atoms with Crippen LogP contribution in [0.2, 0.25) is 10.0 Å². The number of rotatable bonds is 8. The Bertz CT molecular complexity index is 2360. The van der Waals surface area contributed by atoms with E-state index in [0.717, 1.165) is 22.6 Å². The number of methoxy groups -OCH3 is 2. The number of amides is 4. The van der Waals surface area contributed by atoms with E-state index in [-0.39, 0.29) is 51.3 Å². The minimum absolute atomic E-state index is 0.0856. The Balaban J connectivity index is 1.36. The number of phenols is 1. The topological polar surface area (TPSA) is 125 Å². The predicted octanol–water partition coefficient (Wildman–Crippen LogP) is 8.99. The number of hydrogen-bond acceptors (Lipinski definition) is 8. The Morgan fingerprint density at radius 1 is 0.875 bits per heavy atom. The molecule has 4 amide bonds. The van der Waals surface area contributed by atoms with Crippen molar-refractivity contribution in [1.82, 2.24) is 5.01 Å². The molecule has 2 heterocycles. The Morgan fingerprint density at radius 3 is 2.23 bits per heavy atom. The van der Waals surface area contributed by atoms with Gasteiger partial charge in [-0.3, -0.25) is 29.5 Å². The first-order chi connectivity index (χ1) is 26.9. The van der Waals surface area contributed by atoms with Crippen LogP contribution in [-0.2, 0) is 31.0 Å². The van der Waals surface area contributed by atoms with Crippen LogP contribution in [0.15, 0.2) is 93.4 Å². The summed E-state index contributed by atoms with van der Waals surface area (Å²) in [5, 5.41) is 12.7. The van der Waals surface area contributed by atoms with Gasteiger partial charge in [0.05, 0.1) is 58.3 Å². The zero-order chi connectivity index (χ0) is 39.8. The molecule has 56 heavy (non-hydrogen) atoms. The monoisotopic (exact) mass is 921 g/mol. The van der Waals surface area contributed by atoms with Gasteiger partial charge in [0.1, 0.15) is 5.75 Å². The second-order valence-corrected chi connectivity index (χ2v) is 16.8. The molecule has 8 rings (SSSR count). The molecule has 3 fully saturated rings. The molecule has 288 valence electrons. The third-order valence-corrected chi connectivity index (χ3v) is 14.6. The number of hydrazine groups is 1. The fraction of sp³-hybridized carbons (Fsp3) is 0.286. The number of nitrogens with one attached hydrogen (secondary N) is 1. The fourth-order valence-electron chi connectivity index (χ4n) is 9.30. The smallest absolute Gasteiger partial charge is 0.260 e. The van der Waals surface area contributed by atoms with Crippen molar-refractivity contribution < 1.29 is 33.8 Å². The number of imide groups is 2. The van der Waals surface area contributed by atoms with Crippen LogP contribution >= 0.6 is 55.1 Å². The first kappa shape index (κ1) is 38.5. The van der Waals surface area contributed by atoms with Crippen molar-refractivity contribution in [3.8, 4) is 17.2 Å². The molecule has 10 nitrogen and oxygen atoms in total. The van der Waals surface area contributed by atoms with E-state index in [1.165, 1.54) is 25.2 Å². The molecule has 0 radical (unpaired) electrons. The van der Waals surface area contributed by atoms with Crippen LogP contribution in [0.25, 0.3) is 0 Å². The van der Waals surface area contributed by atoms with Gasteiger partial charge in [-0.2, -0.15) is 5.01 Å². The summed E-state index contributed by atoms with van der Waals surface area (Å²) in [5.74, 6) is -5.28. The second-order valence-electron chi connectivity index (χ2n) is 14.4. The molecule has 2 aliphatic carbocycles. The lowest BCUT2D eigenvalue weighted by Crippen LogP contribution is -2.53. The molecule has 0 unspecified atom stereocenters. The highest BCUT2D eigenvalue weighted by Crippen LogP contribution is 2.66. The summed E-state index contributed by atoms with van der Waals surface area (Å²) in [6, 6.07) is 20.8. The molecule has 4 aliphatic rings. The van der Waals surface area contributed by atoms with Crippen molar-refractivity contribution in [1.29, 1.82) is 0 Å². The maximum absolute atomic E-state index is 15.6. The average molecular weight is 924 g/mol. The second kappa shape index (κ2) is 14.5. The van der Waals surface area contributed by atoms with Crippen molar-refractivity contribution in [3.05, 3.63) is 120 Å². The number of halogens is 4. The lowest BCUT2D eigenvalue weighted by atomic mass is 9.49. The molecule has 4 aromatic carbocycles. The van der Waals surface area contributed by atoms with Crippen LogP contribution in [0.5, 0.6) is 17.2 Å². The molecule has 0 aromatic heterocycles. The number of carbonyl (C=O) groups excluding carboxylic acids is 4. The van der Waals surface area contributed by atoms with Gasteiger partial charge in [-0.15, -0.1) is 0 Å². The predicted molar refractivity (Wildman–Crippen MR) is 219 cm³/mol. The molecular weight excluding hydrogens is 889 g/mol. The molecule has 0 bridgehead atoms. The number of benzene rings is 4. The summed E-state index contributed by atoms with van der Waals surface area (Å²) in [5.41, 5.74) is 5.02. The van der Waals surface area contributed by atoms with E-state index in [9.17, 15) is 14.7 Å². The minimum atomic E-state index is -1.62. The number of hydrogen-bond donors (Lipinski definition) is 2. The van der Waals surface area contributed by atoms with Gasteiger partial charge >= 0.3 is 0 Å². The van der Waals surface area contributed by atoms with Crippen molar-refractivity contribution in [2.24, 2.45) is 23.7 Å². The van der Waals surface area contributed by atoms with E-state index in [0.29, 0.717) is 32.1 Å². The van der Waals surface area contributed by atoms with Crippen LogP contribution in [-0.4, -0.2) is 48.0 Å². The Morgan fingerprint density at radius 2 is 1.59 bits per heavy atom. The zero-order valence-electron chi connectivity index (χ0n) is 30.3. The van der Waals surface area contributed by atoms with Crippen LogP contribution in [0, 0.1) is 23.7 Å². The molecule has 1 saturated carbocycles. The Labute approximate surface area is 350 Å². The van der Waals surface area contributed by atoms with Crippen molar-refractivity contribution in [2.45, 2.75) is 37.5 Å². The van der Waals surface area contributed by atoms with Crippen molar-refractivity contribution >= 4 is 90.1 Å². The third-order valence-electron chi connectivity index (χ3n) is 11.9. The van der Waals surface area contributed by atoms with E-state index in [4.69, 9.17) is 32.7 Å². The lowest BCUT2D eigenvalue weighted by Gasteiger charge is -2.51. The summed E-state index contributed by atoms with van der Waals surface area (Å²) in [4.78, 5) is 60.8. The number of aryl methyl sites for hydroxylation is 1. The summed E-state index contributed by atoms with van der Waals surface area (Å²) >= 11 is 20.0. The van der Waals surface area contributed by atoms with Gasteiger partial charge in [0.25, 0.3) is 11.8 Å². The molecule has 2 saturated heterocycles. The average Bonchev–Trinajstić information content (AvgIpc) is 3.58. The van der Waals surface area contributed by atoms with Gasteiger partial charge in [-0.05, 0) is 122 Å². The maximum Gasteiger partial charge on any atom is 0.260 e. The molecule has 14 heteroatoms. The van der Waals surface area contributed by atoms with Crippen molar-refractivity contribution in [2.75, 3.05) is 24.5 Å².